The first-order chi connectivity index (χ1) is 8.24. The number of hydrogen-bond donors (Lipinski definition) is 1. The van der Waals surface area contributed by atoms with Crippen molar-refractivity contribution in [1.29, 1.82) is 0 Å². The molecule has 0 heterocycles. The maximum Gasteiger partial charge on any atom is 0.223 e. The number of alkyl halides is 1. The minimum absolute atomic E-state index is 0.351. The van der Waals surface area contributed by atoms with Crippen molar-refractivity contribution in [2.24, 2.45) is 23.7 Å². The second kappa shape index (κ2) is 4.91. The van der Waals surface area contributed by atoms with Crippen molar-refractivity contribution in [3.63, 3.8) is 0 Å². The summed E-state index contributed by atoms with van der Waals surface area (Å²) in [4.78, 5) is 12.8. The Morgan fingerprint density at radius 1 is 1.18 bits per heavy atom. The maximum absolute atomic E-state index is 12.2. The molecule has 0 aromatic rings. The van der Waals surface area contributed by atoms with E-state index in [9.17, 15) is 4.79 Å². The van der Waals surface area contributed by atoms with Crippen molar-refractivity contribution in [3.05, 3.63) is 0 Å². The van der Waals surface area contributed by atoms with Crippen LogP contribution in [0.4, 0.5) is 0 Å². The van der Waals surface area contributed by atoms with Gasteiger partial charge in [0.15, 0.2) is 0 Å². The van der Waals surface area contributed by atoms with E-state index in [0.29, 0.717) is 28.5 Å². The molecule has 5 atom stereocenters. The lowest BCUT2D eigenvalue weighted by Gasteiger charge is -2.22. The first kappa shape index (κ1) is 12.0. The molecule has 3 rings (SSSR count). The fourth-order valence-electron chi connectivity index (χ4n) is 4.15. The third-order valence-electron chi connectivity index (χ3n) is 5.18. The number of fused-ring (bicyclic) bond motifs is 2. The average molecular weight is 300 g/mol. The molecule has 0 spiro atoms. The number of carbonyl (C=O) groups excluding carboxylic acids is 1. The van der Waals surface area contributed by atoms with E-state index in [1.54, 1.807) is 0 Å². The summed E-state index contributed by atoms with van der Waals surface area (Å²) >= 11 is 3.72. The van der Waals surface area contributed by atoms with Crippen molar-refractivity contribution in [2.45, 2.75) is 49.8 Å². The van der Waals surface area contributed by atoms with Gasteiger partial charge in [-0.3, -0.25) is 4.79 Å². The molecular weight excluding hydrogens is 278 g/mol. The highest BCUT2D eigenvalue weighted by molar-refractivity contribution is 9.09. The number of hydrogen-bond acceptors (Lipinski definition) is 1. The van der Waals surface area contributed by atoms with Gasteiger partial charge in [0.1, 0.15) is 0 Å². The minimum Gasteiger partial charge on any atom is -0.356 e. The molecular formula is C14H22BrNO. The zero-order valence-electron chi connectivity index (χ0n) is 10.3. The predicted molar refractivity (Wildman–Crippen MR) is 72.0 cm³/mol. The molecule has 2 nitrogen and oxygen atoms in total. The van der Waals surface area contributed by atoms with Crippen LogP contribution in [0.3, 0.4) is 0 Å². The highest BCUT2D eigenvalue weighted by Gasteiger charge is 2.43. The standard InChI is InChI=1S/C14H22BrNO/c15-13-3-1-2-11(13)8-16-14(17)12-7-9-4-5-10(12)6-9/h9-13H,1-8H2,(H,16,17). The smallest absolute Gasteiger partial charge is 0.223 e. The van der Waals surface area contributed by atoms with Gasteiger partial charge in [-0.1, -0.05) is 28.8 Å². The summed E-state index contributed by atoms with van der Waals surface area (Å²) in [5, 5.41) is 3.21. The van der Waals surface area contributed by atoms with E-state index in [2.05, 4.69) is 21.2 Å². The topological polar surface area (TPSA) is 29.1 Å². The SMILES string of the molecule is O=C(NCC1CCCC1Br)C1CC2CCC1C2. The molecule has 5 unspecified atom stereocenters. The van der Waals surface area contributed by atoms with Crippen LogP contribution in [-0.4, -0.2) is 17.3 Å². The summed E-state index contributed by atoms with van der Waals surface area (Å²) in [5.41, 5.74) is 0. The van der Waals surface area contributed by atoms with Gasteiger partial charge in [-0.05, 0) is 49.9 Å². The van der Waals surface area contributed by atoms with E-state index >= 15 is 0 Å². The Morgan fingerprint density at radius 3 is 2.65 bits per heavy atom. The molecule has 3 aliphatic carbocycles. The highest BCUT2D eigenvalue weighted by Crippen LogP contribution is 2.48. The van der Waals surface area contributed by atoms with Crippen molar-refractivity contribution in [1.82, 2.24) is 5.32 Å². The van der Waals surface area contributed by atoms with Crippen LogP contribution in [0.1, 0.15) is 44.9 Å². The molecule has 3 heteroatoms. The summed E-state index contributed by atoms with van der Waals surface area (Å²) in [6, 6.07) is 0. The average Bonchev–Trinajstić information content (AvgIpc) is 3.01. The van der Waals surface area contributed by atoms with Crippen molar-refractivity contribution in [3.8, 4) is 0 Å². The first-order valence-corrected chi connectivity index (χ1v) is 8.07. The Balaban J connectivity index is 1.47. The van der Waals surface area contributed by atoms with Crippen LogP contribution in [0.15, 0.2) is 0 Å². The Hall–Kier alpha value is -0.0500. The zero-order valence-corrected chi connectivity index (χ0v) is 11.9. The quantitative estimate of drug-likeness (QED) is 0.797. The Morgan fingerprint density at radius 2 is 2.06 bits per heavy atom. The molecule has 0 saturated heterocycles. The molecule has 1 amide bonds. The second-order valence-corrected chi connectivity index (χ2v) is 7.41. The lowest BCUT2D eigenvalue weighted by molar-refractivity contribution is -0.126. The van der Waals surface area contributed by atoms with E-state index in [4.69, 9.17) is 0 Å². The van der Waals surface area contributed by atoms with Crippen molar-refractivity contribution < 1.29 is 4.79 Å². The monoisotopic (exact) mass is 299 g/mol. The van der Waals surface area contributed by atoms with Gasteiger partial charge in [-0.15, -0.1) is 0 Å². The predicted octanol–water partition coefficient (Wildman–Crippen LogP) is 3.10. The summed E-state index contributed by atoms with van der Waals surface area (Å²) in [5.74, 6) is 2.94. The molecule has 0 aliphatic heterocycles. The first-order valence-electron chi connectivity index (χ1n) is 7.16. The number of halogens is 1. The normalized spacial score (nSPS) is 44.2. The molecule has 17 heavy (non-hydrogen) atoms. The van der Waals surface area contributed by atoms with Gasteiger partial charge in [0.05, 0.1) is 0 Å². The van der Waals surface area contributed by atoms with Gasteiger partial charge in [0, 0.05) is 17.3 Å². The van der Waals surface area contributed by atoms with Crippen LogP contribution in [0.2, 0.25) is 0 Å². The third-order valence-corrected chi connectivity index (χ3v) is 6.39. The molecule has 3 aliphatic rings. The van der Waals surface area contributed by atoms with E-state index in [-0.39, 0.29) is 0 Å². The van der Waals surface area contributed by atoms with Crippen molar-refractivity contribution in [2.75, 3.05) is 6.54 Å². The number of nitrogens with one attached hydrogen (secondary N) is 1. The molecule has 3 fully saturated rings. The largest absolute Gasteiger partial charge is 0.356 e. The Kier molecular flexibility index (Phi) is 3.47. The van der Waals surface area contributed by atoms with Gasteiger partial charge >= 0.3 is 0 Å². The lowest BCUT2D eigenvalue weighted by Crippen LogP contribution is -2.37. The summed E-state index contributed by atoms with van der Waals surface area (Å²) in [6.45, 7) is 0.892. The van der Waals surface area contributed by atoms with E-state index in [1.165, 1.54) is 44.9 Å². The molecule has 96 valence electrons. The Bertz CT molecular complexity index is 307. The summed E-state index contributed by atoms with van der Waals surface area (Å²) in [6.07, 6.45) is 9.02. The zero-order chi connectivity index (χ0) is 11.8. The van der Waals surface area contributed by atoms with Crippen LogP contribution < -0.4 is 5.32 Å². The number of amides is 1. The fraction of sp³-hybridized carbons (Fsp3) is 0.929. The van der Waals surface area contributed by atoms with Gasteiger partial charge in [-0.25, -0.2) is 0 Å². The summed E-state index contributed by atoms with van der Waals surface area (Å²) in [7, 11) is 0. The van der Waals surface area contributed by atoms with Crippen LogP contribution >= 0.6 is 15.9 Å². The van der Waals surface area contributed by atoms with Gasteiger partial charge in [-0.2, -0.15) is 0 Å². The Labute approximate surface area is 112 Å². The van der Waals surface area contributed by atoms with Crippen molar-refractivity contribution >= 4 is 21.8 Å². The third kappa shape index (κ3) is 2.40. The van der Waals surface area contributed by atoms with Crippen LogP contribution in [0.25, 0.3) is 0 Å². The molecule has 0 aromatic heterocycles. The minimum atomic E-state index is 0.351. The van der Waals surface area contributed by atoms with Crippen LogP contribution in [0, 0.1) is 23.7 Å². The van der Waals surface area contributed by atoms with E-state index < -0.39 is 0 Å². The van der Waals surface area contributed by atoms with Gasteiger partial charge < -0.3 is 5.32 Å². The molecule has 0 aromatic carbocycles. The highest BCUT2D eigenvalue weighted by atomic mass is 79.9. The second-order valence-electron chi connectivity index (χ2n) is 6.23. The van der Waals surface area contributed by atoms with Gasteiger partial charge in [0.25, 0.3) is 0 Å². The molecule has 3 saturated carbocycles. The van der Waals surface area contributed by atoms with E-state index in [1.807, 2.05) is 0 Å². The lowest BCUT2D eigenvalue weighted by atomic mass is 9.88. The molecule has 0 radical (unpaired) electrons. The fourth-order valence-corrected chi connectivity index (χ4v) is 4.93. The molecule has 2 bridgehead atoms. The number of rotatable bonds is 3. The van der Waals surface area contributed by atoms with Gasteiger partial charge in [0.2, 0.25) is 5.91 Å². The summed E-state index contributed by atoms with van der Waals surface area (Å²) < 4.78 is 0. The van der Waals surface area contributed by atoms with Crippen LogP contribution in [0.5, 0.6) is 0 Å². The van der Waals surface area contributed by atoms with Crippen LogP contribution in [-0.2, 0) is 4.79 Å². The maximum atomic E-state index is 12.2. The number of carbonyl (C=O) groups is 1. The molecule has 1 N–H and O–H groups in total. The van der Waals surface area contributed by atoms with E-state index in [0.717, 1.165) is 12.5 Å².